The van der Waals surface area contributed by atoms with Crippen molar-refractivity contribution in [1.82, 2.24) is 10.3 Å². The van der Waals surface area contributed by atoms with E-state index in [1.807, 2.05) is 18.0 Å². The highest BCUT2D eigenvalue weighted by Gasteiger charge is 2.09. The van der Waals surface area contributed by atoms with E-state index in [9.17, 15) is 0 Å². The van der Waals surface area contributed by atoms with Crippen LogP contribution in [0.5, 0.6) is 0 Å². The van der Waals surface area contributed by atoms with E-state index < -0.39 is 0 Å². The molecule has 0 saturated carbocycles. The largest absolute Gasteiger partial charge is 0.312 e. The Hall–Kier alpha value is -0.540. The summed E-state index contributed by atoms with van der Waals surface area (Å²) in [5, 5.41) is 5.17. The van der Waals surface area contributed by atoms with Gasteiger partial charge in [-0.2, -0.15) is 0 Å². The highest BCUT2D eigenvalue weighted by Crippen LogP contribution is 2.25. The second-order valence-corrected chi connectivity index (χ2v) is 6.99. The highest BCUT2D eigenvalue weighted by atomic mass is 32.2. The Bertz CT molecular complexity index is 333. The van der Waals surface area contributed by atoms with E-state index in [1.165, 1.54) is 5.56 Å². The standard InChI is InChI=1S/C15H26N2S/c1-11(2)8-16-9-14-6-7-15(17-10-14)18-13(5)12(3)4/h6-7,10-13,16H,8-9H2,1-5H3. The predicted octanol–water partition coefficient (Wildman–Crippen LogP) is 3.96. The van der Waals surface area contributed by atoms with Gasteiger partial charge in [0.2, 0.25) is 0 Å². The summed E-state index contributed by atoms with van der Waals surface area (Å²) in [4.78, 5) is 4.52. The van der Waals surface area contributed by atoms with Gasteiger partial charge in [0.25, 0.3) is 0 Å². The summed E-state index contributed by atoms with van der Waals surface area (Å²) in [5.74, 6) is 1.38. The normalized spacial score (nSPS) is 13.3. The van der Waals surface area contributed by atoms with E-state index in [-0.39, 0.29) is 0 Å². The lowest BCUT2D eigenvalue weighted by Gasteiger charge is -2.14. The molecule has 0 saturated heterocycles. The Morgan fingerprint density at radius 1 is 1.17 bits per heavy atom. The number of thioether (sulfide) groups is 1. The maximum absolute atomic E-state index is 4.52. The van der Waals surface area contributed by atoms with Crippen LogP contribution in [0.2, 0.25) is 0 Å². The van der Waals surface area contributed by atoms with Gasteiger partial charge in [-0.3, -0.25) is 0 Å². The maximum Gasteiger partial charge on any atom is 0.0962 e. The molecule has 3 heteroatoms. The van der Waals surface area contributed by atoms with Gasteiger partial charge >= 0.3 is 0 Å². The topological polar surface area (TPSA) is 24.9 Å². The number of pyridine rings is 1. The van der Waals surface area contributed by atoms with Gasteiger partial charge in [-0.25, -0.2) is 4.98 Å². The summed E-state index contributed by atoms with van der Waals surface area (Å²) in [6.07, 6.45) is 1.99. The van der Waals surface area contributed by atoms with Crippen LogP contribution in [0.15, 0.2) is 23.4 Å². The quantitative estimate of drug-likeness (QED) is 0.756. The van der Waals surface area contributed by atoms with Crippen molar-refractivity contribution in [3.8, 4) is 0 Å². The first-order valence-electron chi connectivity index (χ1n) is 6.81. The third-order valence-electron chi connectivity index (χ3n) is 2.92. The number of hydrogen-bond acceptors (Lipinski definition) is 3. The monoisotopic (exact) mass is 266 g/mol. The number of nitrogens with one attached hydrogen (secondary N) is 1. The molecule has 1 rings (SSSR count). The van der Waals surface area contributed by atoms with E-state index in [4.69, 9.17) is 0 Å². The molecule has 0 amide bonds. The van der Waals surface area contributed by atoms with E-state index in [0.717, 1.165) is 18.1 Å². The lowest BCUT2D eigenvalue weighted by molar-refractivity contribution is 0.551. The van der Waals surface area contributed by atoms with Crippen LogP contribution >= 0.6 is 11.8 Å². The van der Waals surface area contributed by atoms with Crippen LogP contribution in [0.1, 0.15) is 40.2 Å². The van der Waals surface area contributed by atoms with Crippen molar-refractivity contribution >= 4 is 11.8 Å². The molecule has 0 aromatic carbocycles. The molecule has 0 aliphatic rings. The minimum Gasteiger partial charge on any atom is -0.312 e. The molecule has 18 heavy (non-hydrogen) atoms. The lowest BCUT2D eigenvalue weighted by atomic mass is 10.2. The maximum atomic E-state index is 4.52. The van der Waals surface area contributed by atoms with Crippen LogP contribution in [-0.2, 0) is 6.54 Å². The van der Waals surface area contributed by atoms with Gasteiger partial charge in [0.05, 0.1) is 5.03 Å². The second kappa shape index (κ2) is 7.80. The van der Waals surface area contributed by atoms with E-state index in [0.29, 0.717) is 17.1 Å². The third-order valence-corrected chi connectivity index (χ3v) is 4.32. The molecule has 0 spiro atoms. The lowest BCUT2D eigenvalue weighted by Crippen LogP contribution is -2.19. The molecule has 1 aromatic rings. The number of rotatable bonds is 7. The minimum absolute atomic E-state index is 0.613. The molecule has 1 aromatic heterocycles. The zero-order chi connectivity index (χ0) is 13.5. The predicted molar refractivity (Wildman–Crippen MR) is 80.9 cm³/mol. The molecule has 102 valence electrons. The van der Waals surface area contributed by atoms with Gasteiger partial charge in [-0.05, 0) is 30.0 Å². The summed E-state index contributed by atoms with van der Waals surface area (Å²) < 4.78 is 0. The minimum atomic E-state index is 0.613. The SMILES string of the molecule is CC(C)CNCc1ccc(SC(C)C(C)C)nc1. The highest BCUT2D eigenvalue weighted by molar-refractivity contribution is 7.99. The van der Waals surface area contributed by atoms with Gasteiger partial charge in [0.15, 0.2) is 0 Å². The van der Waals surface area contributed by atoms with Crippen molar-refractivity contribution in [1.29, 1.82) is 0 Å². The van der Waals surface area contributed by atoms with Crippen molar-refractivity contribution in [2.24, 2.45) is 11.8 Å². The van der Waals surface area contributed by atoms with Gasteiger partial charge in [0, 0.05) is 18.0 Å². The summed E-state index contributed by atoms with van der Waals surface area (Å²) >= 11 is 1.86. The van der Waals surface area contributed by atoms with E-state index in [2.05, 4.69) is 57.1 Å². The Kier molecular flexibility index (Phi) is 6.72. The molecule has 0 radical (unpaired) electrons. The van der Waals surface area contributed by atoms with Crippen LogP contribution in [0.4, 0.5) is 0 Å². The van der Waals surface area contributed by atoms with Gasteiger partial charge < -0.3 is 5.32 Å². The number of hydrogen-bond donors (Lipinski definition) is 1. The van der Waals surface area contributed by atoms with Crippen molar-refractivity contribution in [3.63, 3.8) is 0 Å². The second-order valence-electron chi connectivity index (χ2n) is 5.60. The molecular formula is C15H26N2S. The molecule has 0 aliphatic heterocycles. The zero-order valence-corrected chi connectivity index (χ0v) is 13.1. The smallest absolute Gasteiger partial charge is 0.0962 e. The summed E-state index contributed by atoms with van der Waals surface area (Å²) in [6.45, 7) is 13.2. The Morgan fingerprint density at radius 2 is 1.89 bits per heavy atom. The first-order chi connectivity index (χ1) is 8.49. The Morgan fingerprint density at radius 3 is 2.39 bits per heavy atom. The zero-order valence-electron chi connectivity index (χ0n) is 12.2. The molecule has 2 nitrogen and oxygen atoms in total. The van der Waals surface area contributed by atoms with Crippen molar-refractivity contribution in [2.45, 2.75) is 51.4 Å². The molecule has 1 heterocycles. The van der Waals surface area contributed by atoms with Crippen LogP contribution in [-0.4, -0.2) is 16.8 Å². The fourth-order valence-corrected chi connectivity index (χ4v) is 2.33. The molecule has 0 aliphatic carbocycles. The van der Waals surface area contributed by atoms with Gasteiger partial charge in [-0.15, -0.1) is 11.8 Å². The Labute approximate surface area is 116 Å². The molecule has 1 atom stereocenters. The van der Waals surface area contributed by atoms with Crippen molar-refractivity contribution in [3.05, 3.63) is 23.9 Å². The van der Waals surface area contributed by atoms with Crippen molar-refractivity contribution < 1.29 is 0 Å². The first-order valence-corrected chi connectivity index (χ1v) is 7.69. The van der Waals surface area contributed by atoms with Crippen LogP contribution in [0.25, 0.3) is 0 Å². The first kappa shape index (κ1) is 15.5. The summed E-state index contributed by atoms with van der Waals surface area (Å²) in [5.41, 5.74) is 1.26. The third kappa shape index (κ3) is 5.87. The van der Waals surface area contributed by atoms with Crippen LogP contribution < -0.4 is 5.32 Å². The molecular weight excluding hydrogens is 240 g/mol. The average Bonchev–Trinajstić information content (AvgIpc) is 2.30. The fraction of sp³-hybridized carbons (Fsp3) is 0.667. The fourth-order valence-electron chi connectivity index (χ4n) is 1.42. The van der Waals surface area contributed by atoms with Gasteiger partial charge in [0.1, 0.15) is 0 Å². The molecule has 0 fully saturated rings. The average molecular weight is 266 g/mol. The van der Waals surface area contributed by atoms with E-state index in [1.54, 1.807) is 0 Å². The Balaban J connectivity index is 2.42. The van der Waals surface area contributed by atoms with Crippen LogP contribution in [0, 0.1) is 11.8 Å². The molecule has 0 bridgehead atoms. The number of nitrogens with zero attached hydrogens (tertiary/aromatic N) is 1. The van der Waals surface area contributed by atoms with E-state index >= 15 is 0 Å². The summed E-state index contributed by atoms with van der Waals surface area (Å²) in [7, 11) is 0. The van der Waals surface area contributed by atoms with Crippen molar-refractivity contribution in [2.75, 3.05) is 6.54 Å². The molecule has 1 N–H and O–H groups in total. The summed E-state index contributed by atoms with van der Waals surface area (Å²) in [6, 6.07) is 4.31. The molecule has 1 unspecified atom stereocenters. The number of aromatic nitrogens is 1. The van der Waals surface area contributed by atoms with Gasteiger partial charge in [-0.1, -0.05) is 40.7 Å². The van der Waals surface area contributed by atoms with Crippen LogP contribution in [0.3, 0.4) is 0 Å².